The van der Waals surface area contributed by atoms with Gasteiger partial charge in [-0.05, 0) is 109 Å². The molecule has 6 aromatic heterocycles. The standard InChI is InChI=1S/C99H57F6N15/c1-106-74-57-83(119-79-46-42-67(94-111-86(59-26-10-2-11-27-59)107-87(112-94)60-28-12-3-13-29-60)52-75(79)76-53-68(43-47-80(76)119)95-113-88(61-30-14-4-15-31-61)108-89(114-95)62-32-16-5-17-33-62)85(71-50-72(98(100,101)102)56-73(51-71)99(103,104)105)84(58-74)120-81-48-44-69(96-115-90(63-34-18-6-19-35-63)109-91(116-96)64-36-20-7-21-37-64)54-77(81)78-55-70(45-49-82(78)120)97-117-92(65-38-22-8-23-39-65)110-93(118-97)66-40-24-9-25-41-66/h2-58H. The van der Waals surface area contributed by atoms with Gasteiger partial charge in [0.2, 0.25) is 0 Å². The Morgan fingerprint density at radius 3 is 0.583 bits per heavy atom. The first-order valence-electron chi connectivity index (χ1n) is 38.2. The van der Waals surface area contributed by atoms with Gasteiger partial charge in [-0.3, -0.25) is 0 Å². The predicted molar refractivity (Wildman–Crippen MR) is 456 cm³/mol. The first kappa shape index (κ1) is 72.7. The highest BCUT2D eigenvalue weighted by atomic mass is 19.4. The molecule has 20 rings (SSSR count). The summed E-state index contributed by atoms with van der Waals surface area (Å²) in [7, 11) is 0. The van der Waals surface area contributed by atoms with Crippen LogP contribution in [0.1, 0.15) is 11.1 Å². The summed E-state index contributed by atoms with van der Waals surface area (Å²) < 4.78 is 99.3. The van der Waals surface area contributed by atoms with Crippen molar-refractivity contribution in [2.45, 2.75) is 12.4 Å². The highest BCUT2D eigenvalue weighted by Gasteiger charge is 2.38. The van der Waals surface area contributed by atoms with Crippen molar-refractivity contribution in [2.24, 2.45) is 0 Å². The van der Waals surface area contributed by atoms with Gasteiger partial charge in [0.25, 0.3) is 0 Å². The van der Waals surface area contributed by atoms with Crippen LogP contribution < -0.4 is 0 Å². The minimum Gasteiger partial charge on any atom is -0.310 e. The number of rotatable bonds is 15. The van der Waals surface area contributed by atoms with Crippen LogP contribution in [0, 0.1) is 6.57 Å². The largest absolute Gasteiger partial charge is 0.416 e. The smallest absolute Gasteiger partial charge is 0.310 e. The Labute approximate surface area is 680 Å². The van der Waals surface area contributed by atoms with Crippen LogP contribution in [0.2, 0.25) is 0 Å². The molecule has 0 spiro atoms. The summed E-state index contributed by atoms with van der Waals surface area (Å²) in [6, 6.07) is 103. The van der Waals surface area contributed by atoms with E-state index in [-0.39, 0.29) is 52.0 Å². The average Bonchev–Trinajstić information content (AvgIpc) is 1.54. The second-order valence-corrected chi connectivity index (χ2v) is 28.5. The number of alkyl halides is 6. The van der Waals surface area contributed by atoms with Crippen LogP contribution in [0.3, 0.4) is 0 Å². The summed E-state index contributed by atoms with van der Waals surface area (Å²) in [6.07, 6.45) is -10.6. The zero-order chi connectivity index (χ0) is 81.2. The second kappa shape index (κ2) is 29.9. The van der Waals surface area contributed by atoms with Gasteiger partial charge in [-0.1, -0.05) is 243 Å². The van der Waals surface area contributed by atoms with Crippen LogP contribution in [-0.4, -0.2) is 68.9 Å². The van der Waals surface area contributed by atoms with Crippen molar-refractivity contribution < 1.29 is 26.3 Å². The molecule has 15 nitrogen and oxygen atoms in total. The minimum atomic E-state index is -5.32. The van der Waals surface area contributed by atoms with Crippen molar-refractivity contribution in [3.05, 3.63) is 368 Å². The maximum absolute atomic E-state index is 16.0. The van der Waals surface area contributed by atoms with E-state index in [0.717, 1.165) is 12.1 Å². The number of aromatic nitrogens is 14. The lowest BCUT2D eigenvalue weighted by molar-refractivity contribution is -0.143. The molecule has 0 aliphatic heterocycles. The van der Waals surface area contributed by atoms with Gasteiger partial charge in [-0.25, -0.2) is 64.7 Å². The lowest BCUT2D eigenvalue weighted by Gasteiger charge is -2.23. The molecule has 20 aromatic rings. The molecule has 0 aliphatic carbocycles. The summed E-state index contributed by atoms with van der Waals surface area (Å²) in [5.41, 5.74) is 5.74. The Bertz CT molecular complexity index is 6390. The molecule has 21 heteroatoms. The van der Waals surface area contributed by atoms with Gasteiger partial charge in [0, 0.05) is 105 Å². The molecule has 0 amide bonds. The van der Waals surface area contributed by atoms with E-state index in [0.29, 0.717) is 157 Å². The van der Waals surface area contributed by atoms with Crippen LogP contribution in [0.5, 0.6) is 0 Å². The molecule has 0 atom stereocenters. The molecule has 120 heavy (non-hydrogen) atoms. The third-order valence-corrected chi connectivity index (χ3v) is 20.9. The van der Waals surface area contributed by atoms with Crippen LogP contribution >= 0.6 is 0 Å². The Morgan fingerprint density at radius 2 is 0.400 bits per heavy atom. The van der Waals surface area contributed by atoms with Gasteiger partial charge in [0.05, 0.1) is 39.8 Å². The molecule has 0 bridgehead atoms. The fourth-order valence-electron chi connectivity index (χ4n) is 15.3. The molecule has 570 valence electrons. The number of hydrogen-bond acceptors (Lipinski definition) is 12. The minimum absolute atomic E-state index is 0.0310. The Kier molecular flexibility index (Phi) is 18.1. The molecular weight excluding hydrogens is 1510 g/mol. The SMILES string of the molecule is [C-]#[N+]c1cc(-n2c3ccc(-c4nc(-c5ccccc5)nc(-c5ccccc5)n4)cc3c3cc(-c4nc(-c5ccccc5)nc(-c5ccccc5)n4)ccc32)c(-c2cc(C(F)(F)F)cc(C(F)(F)F)c2)c(-n2c3ccc(-c4nc(-c5ccccc5)nc(-c5ccccc5)n4)cc3c3cc(-c4nc(-c5ccccc5)nc(-c5ccccc5)n4)ccc32)c1. The molecular formula is C99H57F6N15. The van der Waals surface area contributed by atoms with E-state index in [1.54, 1.807) is 9.13 Å². The summed E-state index contributed by atoms with van der Waals surface area (Å²) >= 11 is 0. The van der Waals surface area contributed by atoms with E-state index in [1.165, 1.54) is 12.1 Å². The highest BCUT2D eigenvalue weighted by Crippen LogP contribution is 2.49. The van der Waals surface area contributed by atoms with E-state index in [1.807, 2.05) is 315 Å². The second-order valence-electron chi connectivity index (χ2n) is 28.5. The molecule has 0 radical (unpaired) electrons. The van der Waals surface area contributed by atoms with Gasteiger partial charge in [0.1, 0.15) is 0 Å². The fraction of sp³-hybridized carbons (Fsp3) is 0.0202. The lowest BCUT2D eigenvalue weighted by atomic mass is 9.95. The van der Waals surface area contributed by atoms with E-state index < -0.39 is 29.0 Å². The molecule has 0 fully saturated rings. The summed E-state index contributed by atoms with van der Waals surface area (Å²) in [5.74, 6) is 4.19. The van der Waals surface area contributed by atoms with Crippen LogP contribution in [-0.2, 0) is 12.4 Å². The molecule has 0 saturated heterocycles. The predicted octanol–water partition coefficient (Wildman–Crippen LogP) is 24.9. The Hall–Kier alpha value is -16.2. The van der Waals surface area contributed by atoms with Crippen LogP contribution in [0.15, 0.2) is 346 Å². The van der Waals surface area contributed by atoms with E-state index in [9.17, 15) is 0 Å². The fourth-order valence-corrected chi connectivity index (χ4v) is 15.3. The molecule has 0 saturated carbocycles. The maximum atomic E-state index is 16.0. The molecule has 6 heterocycles. The van der Waals surface area contributed by atoms with Gasteiger partial charge >= 0.3 is 12.4 Å². The normalized spacial score (nSPS) is 11.7. The van der Waals surface area contributed by atoms with Crippen molar-refractivity contribution in [1.29, 1.82) is 0 Å². The third-order valence-electron chi connectivity index (χ3n) is 20.9. The van der Waals surface area contributed by atoms with Crippen molar-refractivity contribution in [3.8, 4) is 159 Å². The van der Waals surface area contributed by atoms with Gasteiger partial charge < -0.3 is 9.13 Å². The van der Waals surface area contributed by atoms with Gasteiger partial charge in [0.15, 0.2) is 75.6 Å². The first-order valence-corrected chi connectivity index (χ1v) is 38.2. The highest BCUT2D eigenvalue weighted by molar-refractivity contribution is 6.14. The van der Waals surface area contributed by atoms with Crippen LogP contribution in [0.25, 0.3) is 208 Å². The zero-order valence-corrected chi connectivity index (χ0v) is 62.9. The molecule has 14 aromatic carbocycles. The number of fused-ring (bicyclic) bond motifs is 6. The summed E-state index contributed by atoms with van der Waals surface area (Å²) in [6.45, 7) is 9.11. The number of nitrogens with zero attached hydrogens (tertiary/aromatic N) is 15. The van der Waals surface area contributed by atoms with E-state index in [4.69, 9.17) is 66.4 Å². The number of hydrogen-bond donors (Lipinski definition) is 0. The maximum Gasteiger partial charge on any atom is 0.416 e. The van der Waals surface area contributed by atoms with Crippen molar-refractivity contribution in [2.75, 3.05) is 0 Å². The monoisotopic (exact) mass is 1570 g/mol. The van der Waals surface area contributed by atoms with E-state index >= 15 is 26.3 Å². The third kappa shape index (κ3) is 13.8. The van der Waals surface area contributed by atoms with Crippen molar-refractivity contribution in [1.82, 2.24) is 68.9 Å². The van der Waals surface area contributed by atoms with E-state index in [2.05, 4.69) is 4.85 Å². The first-order chi connectivity index (χ1) is 58.6. The van der Waals surface area contributed by atoms with Crippen molar-refractivity contribution >= 4 is 49.3 Å². The quantitative estimate of drug-likeness (QED) is 0.0704. The molecule has 0 aliphatic rings. The van der Waals surface area contributed by atoms with Gasteiger partial charge in [-0.2, -0.15) is 26.3 Å². The molecule has 0 N–H and O–H groups in total. The number of halogens is 6. The van der Waals surface area contributed by atoms with Crippen molar-refractivity contribution in [3.63, 3.8) is 0 Å². The summed E-state index contributed by atoms with van der Waals surface area (Å²) in [5, 5.41) is 2.11. The molecule has 0 unspecified atom stereocenters. The van der Waals surface area contributed by atoms with Gasteiger partial charge in [-0.15, -0.1) is 0 Å². The topological polar surface area (TPSA) is 169 Å². The van der Waals surface area contributed by atoms with Crippen LogP contribution in [0.4, 0.5) is 32.0 Å². The zero-order valence-electron chi connectivity index (χ0n) is 62.9. The Balaban J connectivity index is 0.891. The summed E-state index contributed by atoms with van der Waals surface area (Å²) in [4.78, 5) is 65.1. The lowest BCUT2D eigenvalue weighted by Crippen LogP contribution is -2.12. The Morgan fingerprint density at radius 1 is 0.208 bits per heavy atom. The average molecular weight is 1570 g/mol. The number of benzene rings is 14.